The smallest absolute Gasteiger partial charge is 0.277 e. The minimum absolute atomic E-state index is 0.330. The molecule has 0 aromatic heterocycles. The molecule has 1 aromatic rings. The monoisotopic (exact) mass is 308 g/mol. The van der Waals surface area contributed by atoms with E-state index in [4.69, 9.17) is 5.14 Å². The lowest BCUT2D eigenvalue weighted by molar-refractivity contribution is 0.204. The summed E-state index contributed by atoms with van der Waals surface area (Å²) >= 11 is 3.28. The van der Waals surface area contributed by atoms with Gasteiger partial charge in [-0.3, -0.25) is 0 Å². The standard InChI is InChI=1S/C9H13BrN2O3S/c1-12(16(11,14)15)9(6-13)7-3-2-4-8(10)5-7/h2-5,9,13H,6H2,1H3,(H2,11,14,15). The number of rotatable bonds is 4. The molecule has 0 aliphatic rings. The van der Waals surface area contributed by atoms with Crippen LogP contribution in [0.15, 0.2) is 28.7 Å². The predicted octanol–water partition coefficient (Wildman–Crippen LogP) is 0.618. The van der Waals surface area contributed by atoms with E-state index in [1.807, 2.05) is 6.07 Å². The van der Waals surface area contributed by atoms with Crippen LogP contribution in [0.4, 0.5) is 0 Å². The van der Waals surface area contributed by atoms with Gasteiger partial charge in [0.1, 0.15) is 0 Å². The topological polar surface area (TPSA) is 83.6 Å². The van der Waals surface area contributed by atoms with Gasteiger partial charge in [0.2, 0.25) is 0 Å². The molecule has 16 heavy (non-hydrogen) atoms. The highest BCUT2D eigenvalue weighted by atomic mass is 79.9. The summed E-state index contributed by atoms with van der Waals surface area (Å²) < 4.78 is 24.1. The average molecular weight is 309 g/mol. The van der Waals surface area contributed by atoms with Crippen LogP contribution >= 0.6 is 15.9 Å². The molecule has 0 fully saturated rings. The van der Waals surface area contributed by atoms with E-state index in [2.05, 4.69) is 15.9 Å². The van der Waals surface area contributed by atoms with Gasteiger partial charge >= 0.3 is 0 Å². The van der Waals surface area contributed by atoms with E-state index in [-0.39, 0.29) is 6.61 Å². The predicted molar refractivity (Wildman–Crippen MR) is 64.8 cm³/mol. The zero-order valence-corrected chi connectivity index (χ0v) is 11.1. The molecule has 0 aliphatic carbocycles. The fourth-order valence-corrected chi connectivity index (χ4v) is 2.28. The number of aliphatic hydroxyl groups is 1. The molecule has 1 atom stereocenters. The lowest BCUT2D eigenvalue weighted by atomic mass is 10.1. The molecular formula is C9H13BrN2O3S. The number of nitrogens with zero attached hydrogens (tertiary/aromatic N) is 1. The highest BCUT2D eigenvalue weighted by molar-refractivity contribution is 9.10. The average Bonchev–Trinajstić information content (AvgIpc) is 2.17. The Bertz CT molecular complexity index is 464. The second kappa shape index (κ2) is 5.24. The van der Waals surface area contributed by atoms with Crippen LogP contribution in [0.2, 0.25) is 0 Å². The van der Waals surface area contributed by atoms with Crippen LogP contribution in [0.25, 0.3) is 0 Å². The highest BCUT2D eigenvalue weighted by Gasteiger charge is 2.23. The summed E-state index contributed by atoms with van der Waals surface area (Å²) in [5, 5.41) is 14.2. The molecule has 0 heterocycles. The number of halogens is 1. The van der Waals surface area contributed by atoms with Crippen LogP contribution in [0.1, 0.15) is 11.6 Å². The van der Waals surface area contributed by atoms with Gasteiger partial charge in [-0.1, -0.05) is 28.1 Å². The van der Waals surface area contributed by atoms with Gasteiger partial charge in [0.05, 0.1) is 12.6 Å². The second-order valence-electron chi connectivity index (χ2n) is 3.31. The third-order valence-electron chi connectivity index (χ3n) is 2.25. The van der Waals surface area contributed by atoms with E-state index in [1.54, 1.807) is 18.2 Å². The maximum absolute atomic E-state index is 11.2. The van der Waals surface area contributed by atoms with Gasteiger partial charge in [-0.2, -0.15) is 12.7 Å². The third-order valence-corrected chi connectivity index (χ3v) is 3.80. The van der Waals surface area contributed by atoms with E-state index in [9.17, 15) is 13.5 Å². The Kier molecular flexibility index (Phi) is 4.45. The Balaban J connectivity index is 3.08. The molecular weight excluding hydrogens is 296 g/mol. The molecule has 3 N–H and O–H groups in total. The first-order valence-corrected chi connectivity index (χ1v) is 6.78. The van der Waals surface area contributed by atoms with Crippen molar-refractivity contribution < 1.29 is 13.5 Å². The Morgan fingerprint density at radius 2 is 2.19 bits per heavy atom. The molecule has 1 aromatic carbocycles. The molecule has 5 nitrogen and oxygen atoms in total. The first kappa shape index (κ1) is 13.6. The minimum atomic E-state index is -3.82. The fraction of sp³-hybridized carbons (Fsp3) is 0.333. The van der Waals surface area contributed by atoms with Crippen molar-refractivity contribution in [2.75, 3.05) is 13.7 Å². The van der Waals surface area contributed by atoms with Crippen LogP contribution in [0, 0.1) is 0 Å². The van der Waals surface area contributed by atoms with Crippen molar-refractivity contribution in [2.45, 2.75) is 6.04 Å². The molecule has 0 amide bonds. The second-order valence-corrected chi connectivity index (χ2v) is 5.84. The quantitative estimate of drug-likeness (QED) is 0.855. The molecule has 0 spiro atoms. The van der Waals surface area contributed by atoms with Gasteiger partial charge in [0, 0.05) is 11.5 Å². The largest absolute Gasteiger partial charge is 0.394 e. The Hall–Kier alpha value is -0.470. The van der Waals surface area contributed by atoms with Crippen LogP contribution in [-0.4, -0.2) is 31.5 Å². The number of hydrogen-bond donors (Lipinski definition) is 2. The molecule has 0 aliphatic heterocycles. The van der Waals surface area contributed by atoms with Gasteiger partial charge < -0.3 is 5.11 Å². The molecule has 1 unspecified atom stereocenters. The summed E-state index contributed by atoms with van der Waals surface area (Å²) in [4.78, 5) is 0. The van der Waals surface area contributed by atoms with Gasteiger partial charge in [-0.05, 0) is 17.7 Å². The van der Waals surface area contributed by atoms with Crippen LogP contribution in [-0.2, 0) is 10.2 Å². The van der Waals surface area contributed by atoms with E-state index >= 15 is 0 Å². The van der Waals surface area contributed by atoms with Crippen molar-refractivity contribution in [3.63, 3.8) is 0 Å². The van der Waals surface area contributed by atoms with Crippen molar-refractivity contribution >= 4 is 26.1 Å². The van der Waals surface area contributed by atoms with Crippen molar-refractivity contribution in [2.24, 2.45) is 5.14 Å². The molecule has 90 valence electrons. The molecule has 0 bridgehead atoms. The fourth-order valence-electron chi connectivity index (χ4n) is 1.32. The van der Waals surface area contributed by atoms with E-state index in [0.717, 1.165) is 8.78 Å². The van der Waals surface area contributed by atoms with Gasteiger partial charge in [-0.15, -0.1) is 0 Å². The maximum Gasteiger partial charge on any atom is 0.277 e. The third kappa shape index (κ3) is 3.26. The minimum Gasteiger partial charge on any atom is -0.394 e. The highest BCUT2D eigenvalue weighted by Crippen LogP contribution is 2.23. The first-order chi connectivity index (χ1) is 7.36. The Labute approximate surface area is 103 Å². The summed E-state index contributed by atoms with van der Waals surface area (Å²) in [6.07, 6.45) is 0. The Morgan fingerprint density at radius 3 is 2.62 bits per heavy atom. The van der Waals surface area contributed by atoms with Crippen molar-refractivity contribution in [3.05, 3.63) is 34.3 Å². The summed E-state index contributed by atoms with van der Waals surface area (Å²) in [5.74, 6) is 0. The number of nitrogens with two attached hydrogens (primary N) is 1. The molecule has 0 saturated carbocycles. The lowest BCUT2D eigenvalue weighted by Gasteiger charge is -2.24. The normalized spacial score (nSPS) is 14.1. The lowest BCUT2D eigenvalue weighted by Crippen LogP contribution is -2.37. The SMILES string of the molecule is CN(C(CO)c1cccc(Br)c1)S(N)(=O)=O. The van der Waals surface area contributed by atoms with Crippen LogP contribution < -0.4 is 5.14 Å². The first-order valence-electron chi connectivity index (χ1n) is 4.48. The number of hydrogen-bond acceptors (Lipinski definition) is 3. The van der Waals surface area contributed by atoms with Crippen molar-refractivity contribution in [1.82, 2.24) is 4.31 Å². The van der Waals surface area contributed by atoms with E-state index in [0.29, 0.717) is 5.56 Å². The summed E-state index contributed by atoms with van der Waals surface area (Å²) in [5.41, 5.74) is 0.674. The van der Waals surface area contributed by atoms with E-state index in [1.165, 1.54) is 7.05 Å². The zero-order valence-electron chi connectivity index (χ0n) is 8.67. The molecule has 1 rings (SSSR count). The molecule has 0 radical (unpaired) electrons. The van der Waals surface area contributed by atoms with Crippen molar-refractivity contribution in [1.29, 1.82) is 0 Å². The van der Waals surface area contributed by atoms with Gasteiger partial charge in [0.25, 0.3) is 10.2 Å². The zero-order chi connectivity index (χ0) is 12.3. The molecule has 0 saturated heterocycles. The van der Waals surface area contributed by atoms with Crippen molar-refractivity contribution in [3.8, 4) is 0 Å². The van der Waals surface area contributed by atoms with Crippen LogP contribution in [0.5, 0.6) is 0 Å². The van der Waals surface area contributed by atoms with Gasteiger partial charge in [-0.25, -0.2) is 5.14 Å². The summed E-state index contributed by atoms with van der Waals surface area (Å²) in [6, 6.07) is 6.37. The van der Waals surface area contributed by atoms with Crippen LogP contribution in [0.3, 0.4) is 0 Å². The van der Waals surface area contributed by atoms with Gasteiger partial charge in [0.15, 0.2) is 0 Å². The van der Waals surface area contributed by atoms with E-state index < -0.39 is 16.3 Å². The number of aliphatic hydroxyl groups excluding tert-OH is 1. The Morgan fingerprint density at radius 1 is 1.56 bits per heavy atom. The number of benzene rings is 1. The molecule has 7 heteroatoms. The number of likely N-dealkylation sites (N-methyl/N-ethyl adjacent to an activating group) is 1. The maximum atomic E-state index is 11.2. The summed E-state index contributed by atoms with van der Waals surface area (Å²) in [6.45, 7) is -0.330. The summed E-state index contributed by atoms with van der Waals surface area (Å²) in [7, 11) is -2.49.